The van der Waals surface area contributed by atoms with Gasteiger partial charge < -0.3 is 14.4 Å². The molecule has 0 saturated heterocycles. The second-order valence-electron chi connectivity index (χ2n) is 6.14. The van der Waals surface area contributed by atoms with Crippen LogP contribution < -0.4 is 4.74 Å². The number of alkyl halides is 3. The third kappa shape index (κ3) is 4.24. The molecular weight excluding hydrogens is 339 g/mol. The first kappa shape index (κ1) is 19.1. The van der Waals surface area contributed by atoms with Crippen LogP contribution in [0, 0.1) is 11.8 Å². The Morgan fingerprint density at radius 1 is 1.36 bits per heavy atom. The largest absolute Gasteiger partial charge is 0.480 e. The Labute approximate surface area is 143 Å². The first-order chi connectivity index (χ1) is 11.6. The molecule has 0 N–H and O–H groups in total. The topological polar surface area (TPSA) is 55.8 Å². The molecule has 1 aromatic rings. The minimum atomic E-state index is -4.68. The van der Waals surface area contributed by atoms with E-state index in [9.17, 15) is 22.8 Å². The predicted molar refractivity (Wildman–Crippen MR) is 82.9 cm³/mol. The first-order valence-electron chi connectivity index (χ1n) is 7.79. The molecule has 1 unspecified atom stereocenters. The maximum absolute atomic E-state index is 13.4. The van der Waals surface area contributed by atoms with Gasteiger partial charge in [0.15, 0.2) is 0 Å². The fourth-order valence-corrected chi connectivity index (χ4v) is 2.92. The van der Waals surface area contributed by atoms with Crippen molar-refractivity contribution in [1.82, 2.24) is 4.90 Å². The number of ether oxygens (including phenoxy) is 2. The predicted octanol–water partition coefficient (Wildman–Crippen LogP) is 2.44. The molecule has 0 aliphatic carbocycles. The summed E-state index contributed by atoms with van der Waals surface area (Å²) in [6.45, 7) is 1.51. The van der Waals surface area contributed by atoms with Crippen molar-refractivity contribution in [1.29, 1.82) is 0 Å². The summed E-state index contributed by atoms with van der Waals surface area (Å²) < 4.78 is 49.8. The van der Waals surface area contributed by atoms with Gasteiger partial charge in [-0.25, -0.2) is 0 Å². The molecule has 0 bridgehead atoms. The number of methoxy groups -OCH3 is 1. The van der Waals surface area contributed by atoms with E-state index < -0.39 is 36.0 Å². The van der Waals surface area contributed by atoms with Crippen LogP contribution >= 0.6 is 0 Å². The molecule has 1 aromatic carbocycles. The van der Waals surface area contributed by atoms with E-state index in [1.165, 1.54) is 20.2 Å². The molecule has 0 saturated carbocycles. The van der Waals surface area contributed by atoms with E-state index in [2.05, 4.69) is 4.74 Å². The van der Waals surface area contributed by atoms with Crippen LogP contribution in [0.2, 0.25) is 0 Å². The number of amides is 1. The molecule has 138 valence electrons. The lowest BCUT2D eigenvalue weighted by molar-refractivity contribution is -0.215. The van der Waals surface area contributed by atoms with Gasteiger partial charge in [-0.2, -0.15) is 13.2 Å². The SMILES string of the molecule is COC(=O)C(C)CN(C)C(=O)[C@@H]1Cc2ccccc2O[C@H]1C(F)(F)F. The van der Waals surface area contributed by atoms with Crippen LogP contribution in [0.1, 0.15) is 12.5 Å². The lowest BCUT2D eigenvalue weighted by Gasteiger charge is -2.36. The third-order valence-electron chi connectivity index (χ3n) is 4.20. The summed E-state index contributed by atoms with van der Waals surface area (Å²) in [5.74, 6) is -3.14. The zero-order chi connectivity index (χ0) is 18.8. The molecule has 5 nitrogen and oxygen atoms in total. The summed E-state index contributed by atoms with van der Waals surface area (Å²) in [5.41, 5.74) is 0.552. The van der Waals surface area contributed by atoms with Crippen LogP contribution in [0.5, 0.6) is 5.75 Å². The van der Waals surface area contributed by atoms with Gasteiger partial charge in [0, 0.05) is 13.6 Å². The van der Waals surface area contributed by atoms with Crippen LogP contribution in [-0.2, 0) is 20.7 Å². The Kier molecular flexibility index (Phi) is 5.59. The molecule has 3 atom stereocenters. The first-order valence-corrected chi connectivity index (χ1v) is 7.79. The molecule has 0 aromatic heterocycles. The molecule has 2 rings (SSSR count). The van der Waals surface area contributed by atoms with Crippen molar-refractivity contribution < 1.29 is 32.2 Å². The van der Waals surface area contributed by atoms with Gasteiger partial charge in [0.05, 0.1) is 18.9 Å². The van der Waals surface area contributed by atoms with Gasteiger partial charge in [-0.05, 0) is 18.1 Å². The van der Waals surface area contributed by atoms with Gasteiger partial charge in [-0.3, -0.25) is 9.59 Å². The zero-order valence-corrected chi connectivity index (χ0v) is 14.2. The van der Waals surface area contributed by atoms with E-state index in [-0.39, 0.29) is 18.7 Å². The number of esters is 1. The normalized spacial score (nSPS) is 20.9. The van der Waals surface area contributed by atoms with Crippen molar-refractivity contribution in [2.75, 3.05) is 20.7 Å². The van der Waals surface area contributed by atoms with Gasteiger partial charge in [0.1, 0.15) is 5.75 Å². The zero-order valence-electron chi connectivity index (χ0n) is 14.2. The van der Waals surface area contributed by atoms with E-state index >= 15 is 0 Å². The Balaban J connectivity index is 2.22. The average molecular weight is 359 g/mol. The summed E-state index contributed by atoms with van der Waals surface area (Å²) in [6.07, 6.45) is -6.97. The lowest BCUT2D eigenvalue weighted by Crippen LogP contribution is -2.51. The summed E-state index contributed by atoms with van der Waals surface area (Å²) in [4.78, 5) is 25.2. The average Bonchev–Trinajstić information content (AvgIpc) is 2.58. The van der Waals surface area contributed by atoms with E-state index in [0.29, 0.717) is 5.56 Å². The number of hydrogen-bond donors (Lipinski definition) is 0. The number of carbonyl (C=O) groups excluding carboxylic acids is 2. The summed E-state index contributed by atoms with van der Waals surface area (Å²) >= 11 is 0. The molecule has 1 aliphatic heterocycles. The molecule has 0 radical (unpaired) electrons. The molecule has 25 heavy (non-hydrogen) atoms. The van der Waals surface area contributed by atoms with Gasteiger partial charge in [-0.15, -0.1) is 0 Å². The van der Waals surface area contributed by atoms with E-state index in [0.717, 1.165) is 4.90 Å². The van der Waals surface area contributed by atoms with E-state index in [4.69, 9.17) is 4.74 Å². The minimum absolute atomic E-state index is 0.0335. The highest BCUT2D eigenvalue weighted by Crippen LogP contribution is 2.38. The lowest BCUT2D eigenvalue weighted by atomic mass is 9.89. The van der Waals surface area contributed by atoms with Crippen LogP contribution in [0.4, 0.5) is 13.2 Å². The summed E-state index contributed by atoms with van der Waals surface area (Å²) in [6, 6.07) is 6.36. The highest BCUT2D eigenvalue weighted by molar-refractivity contribution is 5.81. The number of halogens is 3. The third-order valence-corrected chi connectivity index (χ3v) is 4.20. The maximum Gasteiger partial charge on any atom is 0.426 e. The number of nitrogens with zero attached hydrogens (tertiary/aromatic N) is 1. The van der Waals surface area contributed by atoms with Crippen LogP contribution in [0.15, 0.2) is 24.3 Å². The van der Waals surface area contributed by atoms with Crippen LogP contribution in [0.3, 0.4) is 0 Å². The number of fused-ring (bicyclic) bond motifs is 1. The smallest absolute Gasteiger partial charge is 0.426 e. The summed E-state index contributed by atoms with van der Waals surface area (Å²) in [5, 5.41) is 0. The highest BCUT2D eigenvalue weighted by atomic mass is 19.4. The monoisotopic (exact) mass is 359 g/mol. The minimum Gasteiger partial charge on any atom is -0.480 e. The fourth-order valence-electron chi connectivity index (χ4n) is 2.92. The van der Waals surface area contributed by atoms with E-state index in [1.807, 2.05) is 0 Å². The number of benzene rings is 1. The second kappa shape index (κ2) is 7.33. The van der Waals surface area contributed by atoms with Crippen molar-refractivity contribution in [3.8, 4) is 5.75 Å². The molecule has 0 spiro atoms. The van der Waals surface area contributed by atoms with Crippen molar-refractivity contribution in [2.45, 2.75) is 25.6 Å². The Morgan fingerprint density at radius 2 is 2.00 bits per heavy atom. The Hall–Kier alpha value is -2.25. The maximum atomic E-state index is 13.4. The van der Waals surface area contributed by atoms with Gasteiger partial charge in [0.2, 0.25) is 12.0 Å². The summed E-state index contributed by atoms with van der Waals surface area (Å²) in [7, 11) is 2.59. The quantitative estimate of drug-likeness (QED) is 0.775. The molecule has 8 heteroatoms. The standard InChI is InChI=1S/C17H20F3NO4/c1-10(16(23)24-3)9-21(2)15(22)12-8-11-6-4-5-7-13(11)25-14(12)17(18,19)20/h4-7,10,12,14H,8-9H2,1-3H3/t10?,12-,14-/m1/s1. The Morgan fingerprint density at radius 3 is 2.60 bits per heavy atom. The molecule has 0 fully saturated rings. The molecule has 1 amide bonds. The van der Waals surface area contributed by atoms with Crippen LogP contribution in [-0.4, -0.2) is 49.8 Å². The molecule has 1 heterocycles. The van der Waals surface area contributed by atoms with E-state index in [1.54, 1.807) is 25.1 Å². The number of hydrogen-bond acceptors (Lipinski definition) is 4. The highest BCUT2D eigenvalue weighted by Gasteiger charge is 2.52. The van der Waals surface area contributed by atoms with Crippen molar-refractivity contribution in [2.24, 2.45) is 11.8 Å². The second-order valence-corrected chi connectivity index (χ2v) is 6.14. The van der Waals surface area contributed by atoms with Crippen LogP contribution in [0.25, 0.3) is 0 Å². The molecule has 1 aliphatic rings. The molecular formula is C17H20F3NO4. The number of carbonyl (C=O) groups is 2. The number of rotatable bonds is 4. The Bertz CT molecular complexity index is 647. The van der Waals surface area contributed by atoms with Gasteiger partial charge >= 0.3 is 12.1 Å². The van der Waals surface area contributed by atoms with Gasteiger partial charge in [0.25, 0.3) is 0 Å². The van der Waals surface area contributed by atoms with Gasteiger partial charge in [-0.1, -0.05) is 25.1 Å². The van der Waals surface area contributed by atoms with Crippen molar-refractivity contribution in [3.05, 3.63) is 29.8 Å². The fraction of sp³-hybridized carbons (Fsp3) is 0.529. The van der Waals surface area contributed by atoms with Crippen molar-refractivity contribution >= 4 is 11.9 Å². The number of para-hydroxylation sites is 1. The van der Waals surface area contributed by atoms with Crippen molar-refractivity contribution in [3.63, 3.8) is 0 Å².